The van der Waals surface area contributed by atoms with Crippen LogP contribution in [-0.2, 0) is 6.42 Å². The first-order valence-electron chi connectivity index (χ1n) is 6.64. The third-order valence-electron chi connectivity index (χ3n) is 3.09. The predicted octanol–water partition coefficient (Wildman–Crippen LogP) is 3.19. The number of unbranched alkanes of at least 4 members (excludes halogenated alkanes) is 4. The van der Waals surface area contributed by atoms with Gasteiger partial charge in [-0.15, -0.1) is 0 Å². The van der Waals surface area contributed by atoms with E-state index in [2.05, 4.69) is 6.07 Å². The van der Waals surface area contributed by atoms with Crippen LogP contribution in [0.1, 0.15) is 37.7 Å². The summed E-state index contributed by atoms with van der Waals surface area (Å²) >= 11 is 0. The van der Waals surface area contributed by atoms with Crippen molar-refractivity contribution < 1.29 is 14.6 Å². The molecule has 0 amide bonds. The standard InChI is InChI=1S/C15H24O3/c1-17-14-11-8-10-13(15(14)18-2)9-6-4-3-5-7-12-16/h8,10-11,16H,3-7,9,12H2,1-2H3. The number of ether oxygens (including phenoxy) is 2. The number of methoxy groups -OCH3 is 2. The van der Waals surface area contributed by atoms with Gasteiger partial charge in [0.1, 0.15) is 0 Å². The lowest BCUT2D eigenvalue weighted by atomic mass is 10.0. The van der Waals surface area contributed by atoms with E-state index in [1.54, 1.807) is 14.2 Å². The van der Waals surface area contributed by atoms with Gasteiger partial charge in [0.05, 0.1) is 14.2 Å². The molecule has 0 radical (unpaired) electrons. The van der Waals surface area contributed by atoms with E-state index < -0.39 is 0 Å². The molecule has 0 atom stereocenters. The lowest BCUT2D eigenvalue weighted by Gasteiger charge is -2.12. The van der Waals surface area contributed by atoms with Gasteiger partial charge in [-0.1, -0.05) is 31.4 Å². The molecule has 1 rings (SSSR count). The highest BCUT2D eigenvalue weighted by Crippen LogP contribution is 2.31. The van der Waals surface area contributed by atoms with E-state index in [9.17, 15) is 0 Å². The molecule has 0 fully saturated rings. The van der Waals surface area contributed by atoms with Crippen LogP contribution in [0.2, 0.25) is 0 Å². The molecule has 102 valence electrons. The number of hydrogen-bond donors (Lipinski definition) is 1. The van der Waals surface area contributed by atoms with E-state index in [-0.39, 0.29) is 0 Å². The van der Waals surface area contributed by atoms with Gasteiger partial charge < -0.3 is 14.6 Å². The number of para-hydroxylation sites is 1. The smallest absolute Gasteiger partial charge is 0.163 e. The van der Waals surface area contributed by atoms with E-state index in [0.29, 0.717) is 6.61 Å². The van der Waals surface area contributed by atoms with Crippen LogP contribution in [0.3, 0.4) is 0 Å². The molecule has 0 unspecified atom stereocenters. The second-order valence-corrected chi connectivity index (χ2v) is 4.39. The Bertz CT molecular complexity index is 337. The summed E-state index contributed by atoms with van der Waals surface area (Å²) in [4.78, 5) is 0. The maximum absolute atomic E-state index is 8.70. The summed E-state index contributed by atoms with van der Waals surface area (Å²) < 4.78 is 10.7. The average Bonchev–Trinajstić information content (AvgIpc) is 2.42. The second kappa shape index (κ2) is 8.81. The van der Waals surface area contributed by atoms with Crippen LogP contribution in [0.15, 0.2) is 18.2 Å². The molecule has 18 heavy (non-hydrogen) atoms. The zero-order valence-electron chi connectivity index (χ0n) is 11.4. The molecule has 1 N–H and O–H groups in total. The number of rotatable bonds is 9. The molecule has 3 nitrogen and oxygen atoms in total. The SMILES string of the molecule is COc1cccc(CCCCCCCO)c1OC. The van der Waals surface area contributed by atoms with Gasteiger partial charge in [0.2, 0.25) is 0 Å². The Hall–Kier alpha value is -1.22. The summed E-state index contributed by atoms with van der Waals surface area (Å²) in [5.74, 6) is 1.66. The van der Waals surface area contributed by atoms with Gasteiger partial charge in [-0.25, -0.2) is 0 Å². The molecule has 3 heteroatoms. The van der Waals surface area contributed by atoms with Gasteiger partial charge in [-0.3, -0.25) is 0 Å². The molecular formula is C15H24O3. The average molecular weight is 252 g/mol. The van der Waals surface area contributed by atoms with Gasteiger partial charge in [0.15, 0.2) is 11.5 Å². The maximum atomic E-state index is 8.70. The number of aliphatic hydroxyl groups is 1. The van der Waals surface area contributed by atoms with Crippen molar-refractivity contribution in [3.63, 3.8) is 0 Å². The zero-order valence-corrected chi connectivity index (χ0v) is 11.4. The van der Waals surface area contributed by atoms with Crippen molar-refractivity contribution in [3.05, 3.63) is 23.8 Å². The van der Waals surface area contributed by atoms with Crippen molar-refractivity contribution in [1.29, 1.82) is 0 Å². The van der Waals surface area contributed by atoms with Crippen molar-refractivity contribution >= 4 is 0 Å². The Morgan fingerprint density at radius 3 is 2.33 bits per heavy atom. The Kier molecular flexibility index (Phi) is 7.26. The highest BCUT2D eigenvalue weighted by molar-refractivity contribution is 5.46. The lowest BCUT2D eigenvalue weighted by Crippen LogP contribution is -1.96. The van der Waals surface area contributed by atoms with Crippen LogP contribution >= 0.6 is 0 Å². The first-order valence-corrected chi connectivity index (χ1v) is 6.64. The van der Waals surface area contributed by atoms with Gasteiger partial charge in [0, 0.05) is 6.61 Å². The molecule has 0 aliphatic heterocycles. The van der Waals surface area contributed by atoms with Crippen molar-refractivity contribution in [1.82, 2.24) is 0 Å². The quantitative estimate of drug-likeness (QED) is 0.686. The molecule has 0 aromatic heterocycles. The highest BCUT2D eigenvalue weighted by atomic mass is 16.5. The van der Waals surface area contributed by atoms with Crippen molar-refractivity contribution in [2.75, 3.05) is 20.8 Å². The largest absolute Gasteiger partial charge is 0.493 e. The van der Waals surface area contributed by atoms with Crippen LogP contribution in [0.5, 0.6) is 11.5 Å². The number of aliphatic hydroxyl groups excluding tert-OH is 1. The molecule has 0 saturated heterocycles. The van der Waals surface area contributed by atoms with Crippen LogP contribution in [-0.4, -0.2) is 25.9 Å². The summed E-state index contributed by atoms with van der Waals surface area (Å²) in [6.45, 7) is 0.309. The zero-order chi connectivity index (χ0) is 13.2. The normalized spacial score (nSPS) is 10.4. The minimum Gasteiger partial charge on any atom is -0.493 e. The van der Waals surface area contributed by atoms with Crippen LogP contribution < -0.4 is 9.47 Å². The fourth-order valence-corrected chi connectivity index (χ4v) is 2.11. The summed E-state index contributed by atoms with van der Waals surface area (Å²) in [5.41, 5.74) is 1.21. The summed E-state index contributed by atoms with van der Waals surface area (Å²) in [5, 5.41) is 8.70. The highest BCUT2D eigenvalue weighted by Gasteiger charge is 2.08. The van der Waals surface area contributed by atoms with E-state index in [0.717, 1.165) is 37.2 Å². The molecule has 0 spiro atoms. The van der Waals surface area contributed by atoms with E-state index in [1.165, 1.54) is 18.4 Å². The minimum atomic E-state index is 0.309. The molecule has 0 saturated carbocycles. The molecule has 1 aromatic rings. The number of hydrogen-bond acceptors (Lipinski definition) is 3. The first-order chi connectivity index (χ1) is 8.83. The number of aryl methyl sites for hydroxylation is 1. The van der Waals surface area contributed by atoms with Crippen molar-refractivity contribution in [2.24, 2.45) is 0 Å². The minimum absolute atomic E-state index is 0.309. The Balaban J connectivity index is 2.41. The summed E-state index contributed by atoms with van der Waals surface area (Å²) in [7, 11) is 3.35. The molecular weight excluding hydrogens is 228 g/mol. The molecule has 0 aliphatic rings. The molecule has 0 aliphatic carbocycles. The fourth-order valence-electron chi connectivity index (χ4n) is 2.11. The molecule has 1 aromatic carbocycles. The Labute approximate surface area is 110 Å². The summed E-state index contributed by atoms with van der Waals surface area (Å²) in [6, 6.07) is 6.01. The molecule has 0 bridgehead atoms. The fraction of sp³-hybridized carbons (Fsp3) is 0.600. The second-order valence-electron chi connectivity index (χ2n) is 4.39. The predicted molar refractivity (Wildman–Crippen MR) is 73.4 cm³/mol. The third kappa shape index (κ3) is 4.57. The Morgan fingerprint density at radius 2 is 1.67 bits per heavy atom. The summed E-state index contributed by atoms with van der Waals surface area (Å²) in [6.07, 6.45) is 6.58. The van der Waals surface area contributed by atoms with E-state index in [4.69, 9.17) is 14.6 Å². The van der Waals surface area contributed by atoms with Crippen molar-refractivity contribution in [2.45, 2.75) is 38.5 Å². The topological polar surface area (TPSA) is 38.7 Å². The lowest BCUT2D eigenvalue weighted by molar-refractivity contribution is 0.282. The van der Waals surface area contributed by atoms with E-state index >= 15 is 0 Å². The Morgan fingerprint density at radius 1 is 0.944 bits per heavy atom. The third-order valence-corrected chi connectivity index (χ3v) is 3.09. The molecule has 0 heterocycles. The van der Waals surface area contributed by atoms with Crippen LogP contribution in [0.25, 0.3) is 0 Å². The van der Waals surface area contributed by atoms with Gasteiger partial charge in [-0.05, 0) is 30.9 Å². The van der Waals surface area contributed by atoms with Gasteiger partial charge >= 0.3 is 0 Å². The van der Waals surface area contributed by atoms with Crippen molar-refractivity contribution in [3.8, 4) is 11.5 Å². The van der Waals surface area contributed by atoms with Crippen LogP contribution in [0.4, 0.5) is 0 Å². The monoisotopic (exact) mass is 252 g/mol. The first kappa shape index (κ1) is 14.8. The maximum Gasteiger partial charge on any atom is 0.163 e. The number of benzene rings is 1. The van der Waals surface area contributed by atoms with Gasteiger partial charge in [0.25, 0.3) is 0 Å². The van der Waals surface area contributed by atoms with Crippen LogP contribution in [0, 0.1) is 0 Å². The van der Waals surface area contributed by atoms with Gasteiger partial charge in [-0.2, -0.15) is 0 Å². The van der Waals surface area contributed by atoms with E-state index in [1.807, 2.05) is 12.1 Å².